The minimum atomic E-state index is -1.43. The minimum Gasteiger partial charge on any atom is -0.376 e. The van der Waals surface area contributed by atoms with E-state index in [1.54, 1.807) is 16.2 Å². The van der Waals surface area contributed by atoms with E-state index in [0.717, 1.165) is 12.8 Å². The maximum Gasteiger partial charge on any atom is 0.226 e. The van der Waals surface area contributed by atoms with Gasteiger partial charge in [0.25, 0.3) is 0 Å². The summed E-state index contributed by atoms with van der Waals surface area (Å²) in [5.41, 5.74) is 0.635. The lowest BCUT2D eigenvalue weighted by Gasteiger charge is -2.14. The first-order valence-corrected chi connectivity index (χ1v) is 10.2. The van der Waals surface area contributed by atoms with Crippen molar-refractivity contribution in [2.45, 2.75) is 44.2 Å². The molecule has 30 heavy (non-hydrogen) atoms. The van der Waals surface area contributed by atoms with Crippen LogP contribution in [0.2, 0.25) is 0 Å². The molecular formula is C20H21F4N3O2S. The molecule has 0 radical (unpaired) electrons. The van der Waals surface area contributed by atoms with Crippen LogP contribution in [0.3, 0.4) is 0 Å². The van der Waals surface area contributed by atoms with Crippen molar-refractivity contribution in [3.05, 3.63) is 51.1 Å². The zero-order valence-corrected chi connectivity index (χ0v) is 17.1. The Hall–Kier alpha value is -2.20. The highest BCUT2D eigenvalue weighted by Crippen LogP contribution is 2.36. The molecular weight excluding hydrogens is 422 g/mol. The Morgan fingerprint density at radius 1 is 1.27 bits per heavy atom. The molecule has 5 nitrogen and oxygen atoms in total. The molecule has 162 valence electrons. The molecule has 2 aliphatic rings. The summed E-state index contributed by atoms with van der Waals surface area (Å²) < 4.78 is 65.1. The largest absolute Gasteiger partial charge is 0.376 e. The Labute approximate surface area is 175 Å². The molecule has 0 aliphatic carbocycles. The van der Waals surface area contributed by atoms with Crippen molar-refractivity contribution in [3.63, 3.8) is 0 Å². The first-order chi connectivity index (χ1) is 14.3. The molecule has 0 saturated carbocycles. The smallest absolute Gasteiger partial charge is 0.226 e. The van der Waals surface area contributed by atoms with E-state index in [9.17, 15) is 22.4 Å². The van der Waals surface area contributed by atoms with Crippen LogP contribution in [0.15, 0.2) is 6.07 Å². The van der Waals surface area contributed by atoms with Crippen LogP contribution in [0.4, 0.5) is 17.6 Å². The van der Waals surface area contributed by atoms with Crippen LogP contribution in [0.5, 0.6) is 0 Å². The van der Waals surface area contributed by atoms with E-state index in [-0.39, 0.29) is 37.5 Å². The lowest BCUT2D eigenvalue weighted by molar-refractivity contribution is -0.121. The zero-order valence-electron chi connectivity index (χ0n) is 16.3. The first kappa shape index (κ1) is 21.0. The van der Waals surface area contributed by atoms with E-state index in [2.05, 4.69) is 5.32 Å². The molecule has 1 fully saturated rings. The summed E-state index contributed by atoms with van der Waals surface area (Å²) in [6.07, 6.45) is 2.03. The lowest BCUT2D eigenvalue weighted by atomic mass is 9.94. The molecule has 1 saturated heterocycles. The quantitative estimate of drug-likeness (QED) is 0.438. The number of halogens is 4. The van der Waals surface area contributed by atoms with E-state index < -0.39 is 34.8 Å². The second kappa shape index (κ2) is 8.14. The Morgan fingerprint density at radius 2 is 1.97 bits per heavy atom. The molecule has 1 amide bonds. The lowest BCUT2D eigenvalue weighted by Crippen LogP contribution is -2.33. The summed E-state index contributed by atoms with van der Waals surface area (Å²) in [6, 6.07) is 0.200. The highest BCUT2D eigenvalue weighted by Gasteiger charge is 2.34. The monoisotopic (exact) mass is 443 g/mol. The molecule has 0 spiro atoms. The summed E-state index contributed by atoms with van der Waals surface area (Å²) >= 11 is 5.40. The van der Waals surface area contributed by atoms with Gasteiger partial charge in [0.05, 0.1) is 12.5 Å². The molecule has 1 aromatic heterocycles. The first-order valence-electron chi connectivity index (χ1n) is 9.76. The van der Waals surface area contributed by atoms with Gasteiger partial charge >= 0.3 is 0 Å². The van der Waals surface area contributed by atoms with Crippen LogP contribution in [-0.2, 0) is 36.0 Å². The Balaban J connectivity index is 1.56. The zero-order chi connectivity index (χ0) is 21.6. The highest BCUT2D eigenvalue weighted by atomic mass is 32.1. The summed E-state index contributed by atoms with van der Waals surface area (Å²) in [5, 5.41) is 2.84. The predicted octanol–water partition coefficient (Wildman–Crippen LogP) is 3.29. The number of hydrogen-bond donors (Lipinski definition) is 1. The number of imidazole rings is 1. The number of hydrogen-bond acceptors (Lipinski definition) is 3. The van der Waals surface area contributed by atoms with E-state index in [0.29, 0.717) is 29.3 Å². The van der Waals surface area contributed by atoms with Crippen LogP contribution in [-0.4, -0.2) is 34.3 Å². The Kier molecular flexibility index (Phi) is 5.71. The minimum absolute atomic E-state index is 0.00942. The van der Waals surface area contributed by atoms with Gasteiger partial charge in [-0.1, -0.05) is 0 Å². The molecule has 1 aromatic carbocycles. The second-order valence-corrected chi connectivity index (χ2v) is 8.11. The van der Waals surface area contributed by atoms with Gasteiger partial charge in [-0.05, 0) is 31.5 Å². The van der Waals surface area contributed by atoms with Gasteiger partial charge in [-0.2, -0.15) is 0 Å². The molecule has 1 N–H and O–H groups in total. The van der Waals surface area contributed by atoms with E-state index in [4.69, 9.17) is 17.0 Å². The number of carbonyl (C=O) groups excluding carboxylic acids is 1. The summed E-state index contributed by atoms with van der Waals surface area (Å²) in [4.78, 5) is 12.4. The fraction of sp³-hybridized carbons (Fsp3) is 0.500. The van der Waals surface area contributed by atoms with Gasteiger partial charge in [0, 0.05) is 55.7 Å². The number of nitrogens with zero attached hydrogens (tertiary/aromatic N) is 2. The van der Waals surface area contributed by atoms with Crippen molar-refractivity contribution in [3.8, 4) is 0 Å². The Bertz CT molecular complexity index is 1030. The molecule has 3 heterocycles. The van der Waals surface area contributed by atoms with Crippen molar-refractivity contribution in [1.82, 2.24) is 14.5 Å². The third-order valence-corrected chi connectivity index (χ3v) is 6.35. The van der Waals surface area contributed by atoms with Gasteiger partial charge in [0.1, 0.15) is 0 Å². The van der Waals surface area contributed by atoms with Crippen molar-refractivity contribution < 1.29 is 27.1 Å². The third-order valence-electron chi connectivity index (χ3n) is 5.86. The van der Waals surface area contributed by atoms with Gasteiger partial charge in [0.2, 0.25) is 5.91 Å². The molecule has 10 heteroatoms. The summed E-state index contributed by atoms with van der Waals surface area (Å²) in [6.45, 7) is 1.19. The van der Waals surface area contributed by atoms with Gasteiger partial charge in [0.15, 0.2) is 28.0 Å². The van der Waals surface area contributed by atoms with Crippen molar-refractivity contribution >= 4 is 18.1 Å². The number of ether oxygens (including phenoxy) is 1. The maximum absolute atomic E-state index is 14.3. The summed E-state index contributed by atoms with van der Waals surface area (Å²) in [5.74, 6) is -6.69. The average molecular weight is 443 g/mol. The molecule has 2 unspecified atom stereocenters. The SMILES string of the molecule is Cn1c(CC(=O)NCC2CCCO2)c2n(c1=S)CC(c1c(F)c(F)cc(F)c1F)C2. The van der Waals surface area contributed by atoms with Crippen LogP contribution in [0.25, 0.3) is 0 Å². The van der Waals surface area contributed by atoms with E-state index in [1.165, 1.54) is 0 Å². The third kappa shape index (κ3) is 3.66. The standard InChI is InChI=1S/C20H21F4N3O2S/c1-26-14(7-16(28)25-8-11-3-2-4-29-11)15-5-10(9-27(15)20(26)30)17-18(23)12(21)6-13(22)19(17)24/h6,10-11H,2-5,7-9H2,1H3,(H,25,28). The molecule has 0 bridgehead atoms. The van der Waals surface area contributed by atoms with Crippen LogP contribution < -0.4 is 5.32 Å². The fourth-order valence-electron chi connectivity index (χ4n) is 4.31. The number of rotatable bonds is 5. The summed E-state index contributed by atoms with van der Waals surface area (Å²) in [7, 11) is 1.72. The normalized spacial score (nSPS) is 20.6. The average Bonchev–Trinajstić information content (AvgIpc) is 3.42. The van der Waals surface area contributed by atoms with Crippen LogP contribution in [0.1, 0.15) is 35.7 Å². The van der Waals surface area contributed by atoms with Gasteiger partial charge in [-0.25, -0.2) is 17.6 Å². The van der Waals surface area contributed by atoms with E-state index in [1.807, 2.05) is 0 Å². The van der Waals surface area contributed by atoms with Crippen molar-refractivity contribution in [2.24, 2.45) is 7.05 Å². The number of nitrogens with one attached hydrogen (secondary N) is 1. The van der Waals surface area contributed by atoms with Crippen molar-refractivity contribution in [1.29, 1.82) is 0 Å². The number of carbonyl (C=O) groups is 1. The number of amides is 1. The topological polar surface area (TPSA) is 48.2 Å². The molecule has 2 atom stereocenters. The van der Waals surface area contributed by atoms with Crippen molar-refractivity contribution in [2.75, 3.05) is 13.2 Å². The molecule has 4 rings (SSSR count). The van der Waals surface area contributed by atoms with Crippen LogP contribution in [0, 0.1) is 28.0 Å². The highest BCUT2D eigenvalue weighted by molar-refractivity contribution is 7.71. The molecule has 2 aromatic rings. The number of aromatic nitrogens is 2. The van der Waals surface area contributed by atoms with E-state index >= 15 is 0 Å². The van der Waals surface area contributed by atoms with Crippen LogP contribution >= 0.6 is 12.2 Å². The van der Waals surface area contributed by atoms with Gasteiger partial charge < -0.3 is 19.2 Å². The fourth-order valence-corrected chi connectivity index (χ4v) is 4.60. The van der Waals surface area contributed by atoms with Gasteiger partial charge in [-0.3, -0.25) is 4.79 Å². The maximum atomic E-state index is 14.3. The van der Waals surface area contributed by atoms with Gasteiger partial charge in [-0.15, -0.1) is 0 Å². The number of benzene rings is 1. The Morgan fingerprint density at radius 3 is 2.60 bits per heavy atom. The predicted molar refractivity (Wildman–Crippen MR) is 103 cm³/mol. The number of fused-ring (bicyclic) bond motifs is 1. The molecule has 2 aliphatic heterocycles. The second-order valence-electron chi connectivity index (χ2n) is 7.74.